The third-order valence-electron chi connectivity index (χ3n) is 7.91. The summed E-state index contributed by atoms with van der Waals surface area (Å²) in [6.45, 7) is 4.43. The molecule has 2 aromatic carbocycles. The number of carbonyl (C=O) groups excluding carboxylic acids is 2. The highest BCUT2D eigenvalue weighted by atomic mass is 16.5. The molecule has 3 heterocycles. The number of fused-ring (bicyclic) bond motifs is 1. The number of nitrogens with one attached hydrogen (secondary N) is 3. The van der Waals surface area contributed by atoms with Gasteiger partial charge >= 0.3 is 0 Å². The molecule has 3 atom stereocenters. The SMILES string of the molecule is COc1ccc(C2Oc3ccc4cc3C2C(=O)N2CCCCNCCCNC4CC(=O)NCCC2)cc1OC. The molecule has 0 saturated heterocycles. The van der Waals surface area contributed by atoms with Gasteiger partial charge in [0.1, 0.15) is 17.8 Å². The van der Waals surface area contributed by atoms with Gasteiger partial charge < -0.3 is 35.1 Å². The fourth-order valence-electron chi connectivity index (χ4n) is 5.81. The van der Waals surface area contributed by atoms with Gasteiger partial charge in [-0.05, 0) is 80.7 Å². The number of hydrogen-bond donors (Lipinski definition) is 3. The Labute approximate surface area is 230 Å². The molecule has 0 aromatic heterocycles. The number of hydrogen-bond acceptors (Lipinski definition) is 7. The smallest absolute Gasteiger partial charge is 0.234 e. The molecule has 39 heavy (non-hydrogen) atoms. The van der Waals surface area contributed by atoms with Crippen LogP contribution < -0.4 is 30.2 Å². The third-order valence-corrected chi connectivity index (χ3v) is 7.91. The molecule has 3 aliphatic rings. The van der Waals surface area contributed by atoms with E-state index in [4.69, 9.17) is 14.2 Å². The molecule has 2 amide bonds. The van der Waals surface area contributed by atoms with Crippen LogP contribution in [-0.4, -0.2) is 70.2 Å². The molecular weight excluding hydrogens is 496 g/mol. The van der Waals surface area contributed by atoms with Crippen LogP contribution in [0.2, 0.25) is 0 Å². The average molecular weight is 537 g/mol. The fraction of sp³-hybridized carbons (Fsp3) is 0.533. The predicted molar refractivity (Wildman–Crippen MR) is 148 cm³/mol. The lowest BCUT2D eigenvalue weighted by Crippen LogP contribution is -2.39. The van der Waals surface area contributed by atoms with Crippen molar-refractivity contribution in [3.63, 3.8) is 0 Å². The van der Waals surface area contributed by atoms with Crippen LogP contribution in [0.3, 0.4) is 0 Å². The number of methoxy groups -OCH3 is 2. The minimum atomic E-state index is -0.505. The van der Waals surface area contributed by atoms with Crippen molar-refractivity contribution in [2.45, 2.75) is 50.2 Å². The van der Waals surface area contributed by atoms with Crippen molar-refractivity contribution in [3.05, 3.63) is 53.1 Å². The number of benzene rings is 2. The van der Waals surface area contributed by atoms with Crippen LogP contribution in [0.4, 0.5) is 0 Å². The van der Waals surface area contributed by atoms with E-state index >= 15 is 0 Å². The molecule has 0 fully saturated rings. The van der Waals surface area contributed by atoms with Gasteiger partial charge in [-0.15, -0.1) is 0 Å². The maximum Gasteiger partial charge on any atom is 0.234 e. The molecule has 5 rings (SSSR count). The van der Waals surface area contributed by atoms with Gasteiger partial charge in [0.25, 0.3) is 0 Å². The average Bonchev–Trinajstić information content (AvgIpc) is 3.34. The summed E-state index contributed by atoms with van der Waals surface area (Å²) in [4.78, 5) is 29.2. The monoisotopic (exact) mass is 536 g/mol. The van der Waals surface area contributed by atoms with Crippen molar-refractivity contribution in [2.24, 2.45) is 0 Å². The number of nitrogens with zero attached hydrogens (tertiary/aromatic N) is 1. The maximum absolute atomic E-state index is 14.4. The van der Waals surface area contributed by atoms with Gasteiger partial charge in [0.05, 0.1) is 14.2 Å². The highest BCUT2D eigenvalue weighted by molar-refractivity contribution is 5.87. The minimum Gasteiger partial charge on any atom is -0.493 e. The minimum absolute atomic E-state index is 0.0172. The summed E-state index contributed by atoms with van der Waals surface area (Å²) in [5.74, 6) is 1.50. The Morgan fingerprint density at radius 1 is 0.846 bits per heavy atom. The molecule has 9 nitrogen and oxygen atoms in total. The maximum atomic E-state index is 14.4. The Morgan fingerprint density at radius 2 is 1.64 bits per heavy atom. The highest BCUT2D eigenvalue weighted by Crippen LogP contribution is 2.49. The fourth-order valence-corrected chi connectivity index (χ4v) is 5.81. The standard InChI is InChI=1S/C30H40N4O5/c1-37-25-10-8-21(18-26(25)38-2)29-28-22-17-20(7-9-24(22)39-29)23-19-27(35)33-14-6-16-34(30(28)36)15-4-3-11-31-12-5-13-32-23/h7-10,17-18,23,28-29,31-32H,3-6,11-16,19H2,1-2H3,(H,33,35). The molecule has 0 saturated carbocycles. The topological polar surface area (TPSA) is 101 Å². The Bertz CT molecular complexity index is 1170. The van der Waals surface area contributed by atoms with Crippen LogP contribution in [-0.2, 0) is 9.59 Å². The van der Waals surface area contributed by atoms with E-state index in [9.17, 15) is 9.59 Å². The van der Waals surface area contributed by atoms with Gasteiger partial charge in [-0.3, -0.25) is 9.59 Å². The largest absolute Gasteiger partial charge is 0.493 e. The summed E-state index contributed by atoms with van der Waals surface area (Å²) in [7, 11) is 3.21. The summed E-state index contributed by atoms with van der Waals surface area (Å²) in [6.07, 6.45) is 3.43. The first-order valence-electron chi connectivity index (χ1n) is 14.1. The second kappa shape index (κ2) is 12.7. The lowest BCUT2D eigenvalue weighted by molar-refractivity contribution is -0.134. The van der Waals surface area contributed by atoms with Gasteiger partial charge in [-0.2, -0.15) is 0 Å². The van der Waals surface area contributed by atoms with E-state index in [-0.39, 0.29) is 17.9 Å². The molecule has 0 radical (unpaired) electrons. The Morgan fingerprint density at radius 3 is 2.49 bits per heavy atom. The van der Waals surface area contributed by atoms with E-state index in [0.717, 1.165) is 55.6 Å². The molecule has 0 aliphatic carbocycles. The van der Waals surface area contributed by atoms with Crippen LogP contribution >= 0.6 is 0 Å². The van der Waals surface area contributed by atoms with Crippen molar-refractivity contribution >= 4 is 11.8 Å². The van der Waals surface area contributed by atoms with E-state index in [1.165, 1.54) is 0 Å². The van der Waals surface area contributed by atoms with Crippen LogP contribution in [0.5, 0.6) is 17.2 Å². The molecular formula is C30H40N4O5. The number of carbonyl (C=O) groups is 2. The van der Waals surface area contributed by atoms with Crippen molar-refractivity contribution in [2.75, 3.05) is 53.5 Å². The summed E-state index contributed by atoms with van der Waals surface area (Å²) in [6, 6.07) is 11.6. The second-order valence-electron chi connectivity index (χ2n) is 10.5. The molecule has 3 unspecified atom stereocenters. The first-order chi connectivity index (χ1) is 19.1. The number of amides is 2. The van der Waals surface area contributed by atoms with Gasteiger partial charge in [0.2, 0.25) is 11.8 Å². The zero-order chi connectivity index (χ0) is 27.2. The Kier molecular flexibility index (Phi) is 8.88. The molecule has 3 N–H and O–H groups in total. The first kappa shape index (κ1) is 27.3. The van der Waals surface area contributed by atoms with Crippen molar-refractivity contribution in [1.82, 2.24) is 20.9 Å². The molecule has 0 spiro atoms. The second-order valence-corrected chi connectivity index (χ2v) is 10.5. The molecule has 4 bridgehead atoms. The van der Waals surface area contributed by atoms with Crippen LogP contribution in [0.25, 0.3) is 0 Å². The predicted octanol–water partition coefficient (Wildman–Crippen LogP) is 3.06. The van der Waals surface area contributed by atoms with Crippen LogP contribution in [0.15, 0.2) is 36.4 Å². The van der Waals surface area contributed by atoms with Crippen molar-refractivity contribution < 1.29 is 23.8 Å². The van der Waals surface area contributed by atoms with Crippen molar-refractivity contribution in [3.8, 4) is 17.2 Å². The molecule has 210 valence electrons. The van der Waals surface area contributed by atoms with Crippen LogP contribution in [0, 0.1) is 0 Å². The van der Waals surface area contributed by atoms with Gasteiger partial charge in [0.15, 0.2) is 11.5 Å². The van der Waals surface area contributed by atoms with E-state index in [0.29, 0.717) is 49.7 Å². The molecule has 3 aliphatic heterocycles. The summed E-state index contributed by atoms with van der Waals surface area (Å²) >= 11 is 0. The lowest BCUT2D eigenvalue weighted by atomic mass is 9.87. The normalized spacial score (nSPS) is 24.6. The summed E-state index contributed by atoms with van der Waals surface area (Å²) in [5, 5.41) is 10.2. The Balaban J connectivity index is 1.59. The van der Waals surface area contributed by atoms with Crippen LogP contribution in [0.1, 0.15) is 66.9 Å². The number of rotatable bonds is 3. The van der Waals surface area contributed by atoms with E-state index in [1.54, 1.807) is 14.2 Å². The first-order valence-corrected chi connectivity index (χ1v) is 14.1. The lowest BCUT2D eigenvalue weighted by Gasteiger charge is -2.28. The third kappa shape index (κ3) is 6.15. The van der Waals surface area contributed by atoms with E-state index < -0.39 is 12.0 Å². The van der Waals surface area contributed by atoms with Crippen molar-refractivity contribution in [1.29, 1.82) is 0 Å². The van der Waals surface area contributed by atoms with E-state index in [2.05, 4.69) is 22.0 Å². The zero-order valence-electron chi connectivity index (χ0n) is 23.0. The summed E-state index contributed by atoms with van der Waals surface area (Å²) in [5.41, 5.74) is 2.73. The summed E-state index contributed by atoms with van der Waals surface area (Å²) < 4.78 is 17.5. The zero-order valence-corrected chi connectivity index (χ0v) is 23.0. The highest BCUT2D eigenvalue weighted by Gasteiger charge is 2.43. The van der Waals surface area contributed by atoms with Gasteiger partial charge in [-0.25, -0.2) is 0 Å². The Hall–Kier alpha value is -3.30. The quantitative estimate of drug-likeness (QED) is 0.554. The molecule has 9 heteroatoms. The number of ether oxygens (including phenoxy) is 3. The van der Waals surface area contributed by atoms with Gasteiger partial charge in [0, 0.05) is 37.7 Å². The van der Waals surface area contributed by atoms with E-state index in [1.807, 2.05) is 35.2 Å². The molecule has 2 aromatic rings. The van der Waals surface area contributed by atoms with Gasteiger partial charge in [-0.1, -0.05) is 12.1 Å².